The van der Waals surface area contributed by atoms with Crippen molar-refractivity contribution in [2.75, 3.05) is 24.6 Å². The van der Waals surface area contributed by atoms with Gasteiger partial charge >= 0.3 is 6.03 Å². The van der Waals surface area contributed by atoms with E-state index in [0.29, 0.717) is 19.5 Å². The van der Waals surface area contributed by atoms with Crippen molar-refractivity contribution in [1.82, 2.24) is 10.2 Å². The highest BCUT2D eigenvalue weighted by atomic mass is 32.2. The highest BCUT2D eigenvalue weighted by molar-refractivity contribution is 7.91. The number of hydrogen-bond acceptors (Lipinski definition) is 3. The fourth-order valence-electron chi connectivity index (χ4n) is 3.55. The average molecular weight is 316 g/mol. The van der Waals surface area contributed by atoms with Gasteiger partial charge in [0, 0.05) is 19.1 Å². The van der Waals surface area contributed by atoms with E-state index in [4.69, 9.17) is 0 Å². The Kier molecular flexibility index (Phi) is 5.90. The van der Waals surface area contributed by atoms with Crippen LogP contribution < -0.4 is 5.32 Å². The van der Waals surface area contributed by atoms with E-state index in [1.165, 1.54) is 32.1 Å². The lowest BCUT2D eigenvalue weighted by Gasteiger charge is -2.28. The van der Waals surface area contributed by atoms with Gasteiger partial charge in [0.15, 0.2) is 9.84 Å². The molecule has 1 aliphatic heterocycles. The van der Waals surface area contributed by atoms with Gasteiger partial charge in [-0.3, -0.25) is 0 Å². The minimum Gasteiger partial charge on any atom is -0.338 e. The molecular weight excluding hydrogens is 288 g/mol. The summed E-state index contributed by atoms with van der Waals surface area (Å²) in [6.45, 7) is 3.18. The minimum absolute atomic E-state index is 0.101. The summed E-state index contributed by atoms with van der Waals surface area (Å²) in [7, 11) is -2.94. The van der Waals surface area contributed by atoms with E-state index in [1.807, 2.05) is 6.92 Å². The maximum absolute atomic E-state index is 12.2. The molecule has 6 heteroatoms. The highest BCUT2D eigenvalue weighted by Crippen LogP contribution is 2.25. The zero-order chi connectivity index (χ0) is 15.3. The first-order chi connectivity index (χ1) is 10.0. The normalized spacial score (nSPS) is 25.7. The molecule has 1 N–H and O–H groups in total. The second-order valence-corrected chi connectivity index (χ2v) is 8.60. The van der Waals surface area contributed by atoms with E-state index in [2.05, 4.69) is 5.32 Å². The van der Waals surface area contributed by atoms with Crippen LogP contribution in [0.1, 0.15) is 51.9 Å². The van der Waals surface area contributed by atoms with E-state index < -0.39 is 9.84 Å². The van der Waals surface area contributed by atoms with Crippen LogP contribution >= 0.6 is 0 Å². The predicted octanol–water partition coefficient (Wildman–Crippen LogP) is 2.18. The molecule has 0 spiro atoms. The van der Waals surface area contributed by atoms with Crippen molar-refractivity contribution < 1.29 is 13.2 Å². The second kappa shape index (κ2) is 7.47. The summed E-state index contributed by atoms with van der Waals surface area (Å²) in [5.41, 5.74) is 0. The van der Waals surface area contributed by atoms with Crippen molar-refractivity contribution >= 4 is 15.9 Å². The third-order valence-electron chi connectivity index (χ3n) is 4.80. The van der Waals surface area contributed by atoms with Gasteiger partial charge in [-0.15, -0.1) is 0 Å². The topological polar surface area (TPSA) is 66.5 Å². The molecule has 0 aromatic rings. The average Bonchev–Trinajstić information content (AvgIpc) is 2.81. The zero-order valence-corrected chi connectivity index (χ0v) is 13.8. The van der Waals surface area contributed by atoms with Crippen LogP contribution in [0, 0.1) is 5.92 Å². The first-order valence-corrected chi connectivity index (χ1v) is 10.1. The van der Waals surface area contributed by atoms with E-state index in [0.717, 1.165) is 12.3 Å². The minimum atomic E-state index is -2.94. The van der Waals surface area contributed by atoms with E-state index in [9.17, 15) is 13.2 Å². The van der Waals surface area contributed by atoms with Crippen LogP contribution in [0.5, 0.6) is 0 Å². The summed E-state index contributed by atoms with van der Waals surface area (Å²) in [5.74, 6) is 1.08. The fraction of sp³-hybridized carbons (Fsp3) is 0.933. The Morgan fingerprint density at radius 1 is 1.19 bits per heavy atom. The van der Waals surface area contributed by atoms with Gasteiger partial charge < -0.3 is 10.2 Å². The monoisotopic (exact) mass is 316 g/mol. The van der Waals surface area contributed by atoms with Crippen LogP contribution in [0.4, 0.5) is 4.79 Å². The number of amides is 2. The molecule has 1 unspecified atom stereocenters. The molecule has 1 atom stereocenters. The summed E-state index contributed by atoms with van der Waals surface area (Å²) in [5, 5.41) is 2.98. The van der Waals surface area contributed by atoms with Crippen molar-refractivity contribution in [2.24, 2.45) is 5.92 Å². The molecule has 2 fully saturated rings. The van der Waals surface area contributed by atoms with Gasteiger partial charge in [-0.1, -0.05) is 32.1 Å². The quantitative estimate of drug-likeness (QED) is 0.845. The SMILES string of the molecule is CCN(C(=O)NCCC1CCCCC1)C1CCS(=O)(=O)C1. The number of hydrogen-bond donors (Lipinski definition) is 1. The molecule has 122 valence electrons. The Hall–Kier alpha value is -0.780. The molecule has 2 amide bonds. The largest absolute Gasteiger partial charge is 0.338 e. The van der Waals surface area contributed by atoms with Gasteiger partial charge in [-0.2, -0.15) is 0 Å². The van der Waals surface area contributed by atoms with Gasteiger partial charge in [0.2, 0.25) is 0 Å². The zero-order valence-electron chi connectivity index (χ0n) is 13.0. The number of nitrogens with zero attached hydrogens (tertiary/aromatic N) is 1. The Bertz CT molecular complexity index is 444. The van der Waals surface area contributed by atoms with Crippen molar-refractivity contribution in [3.8, 4) is 0 Å². The molecule has 1 aliphatic carbocycles. The number of carbonyl (C=O) groups is 1. The first kappa shape index (κ1) is 16.6. The Labute approximate surface area is 128 Å². The Morgan fingerprint density at radius 2 is 1.90 bits per heavy atom. The number of rotatable bonds is 5. The fourth-order valence-corrected chi connectivity index (χ4v) is 5.28. The smallest absolute Gasteiger partial charge is 0.317 e. The van der Waals surface area contributed by atoms with Crippen LogP contribution in [0.2, 0.25) is 0 Å². The summed E-state index contributed by atoms with van der Waals surface area (Å²) in [6.07, 6.45) is 8.18. The Balaban J connectivity index is 1.75. The van der Waals surface area contributed by atoms with Crippen LogP contribution in [-0.4, -0.2) is 50.0 Å². The van der Waals surface area contributed by atoms with Gasteiger partial charge in [-0.05, 0) is 25.7 Å². The molecule has 0 aromatic heterocycles. The lowest BCUT2D eigenvalue weighted by Crippen LogP contribution is -2.47. The summed E-state index contributed by atoms with van der Waals surface area (Å²) >= 11 is 0. The maximum Gasteiger partial charge on any atom is 0.317 e. The highest BCUT2D eigenvalue weighted by Gasteiger charge is 2.33. The molecule has 0 aromatic carbocycles. The molecule has 0 bridgehead atoms. The van der Waals surface area contributed by atoms with Crippen LogP contribution in [-0.2, 0) is 9.84 Å². The van der Waals surface area contributed by atoms with Crippen LogP contribution in [0.15, 0.2) is 0 Å². The first-order valence-electron chi connectivity index (χ1n) is 8.26. The molecule has 5 nitrogen and oxygen atoms in total. The molecular formula is C15H28N2O3S. The van der Waals surface area contributed by atoms with Crippen molar-refractivity contribution in [2.45, 2.75) is 57.9 Å². The summed E-state index contributed by atoms with van der Waals surface area (Å²) < 4.78 is 23.1. The number of urea groups is 1. The third kappa shape index (κ3) is 4.87. The molecule has 1 heterocycles. The van der Waals surface area contributed by atoms with Gasteiger partial charge in [0.1, 0.15) is 0 Å². The molecule has 2 rings (SSSR count). The molecule has 1 saturated carbocycles. The van der Waals surface area contributed by atoms with E-state index in [1.54, 1.807) is 4.90 Å². The van der Waals surface area contributed by atoms with E-state index >= 15 is 0 Å². The van der Waals surface area contributed by atoms with Gasteiger partial charge in [0.25, 0.3) is 0 Å². The molecule has 2 aliphatic rings. The van der Waals surface area contributed by atoms with Gasteiger partial charge in [0.05, 0.1) is 11.5 Å². The van der Waals surface area contributed by atoms with Crippen molar-refractivity contribution in [1.29, 1.82) is 0 Å². The molecule has 1 saturated heterocycles. The number of carbonyl (C=O) groups excluding carboxylic acids is 1. The Morgan fingerprint density at radius 3 is 2.48 bits per heavy atom. The van der Waals surface area contributed by atoms with Crippen molar-refractivity contribution in [3.63, 3.8) is 0 Å². The lowest BCUT2D eigenvalue weighted by molar-refractivity contribution is 0.182. The van der Waals surface area contributed by atoms with Crippen LogP contribution in [0.3, 0.4) is 0 Å². The molecule has 21 heavy (non-hydrogen) atoms. The summed E-state index contributed by atoms with van der Waals surface area (Å²) in [6, 6.07) is -0.245. The van der Waals surface area contributed by atoms with Gasteiger partial charge in [-0.25, -0.2) is 13.2 Å². The second-order valence-electron chi connectivity index (χ2n) is 6.37. The van der Waals surface area contributed by atoms with Crippen LogP contribution in [0.25, 0.3) is 0 Å². The number of nitrogens with one attached hydrogen (secondary N) is 1. The predicted molar refractivity (Wildman–Crippen MR) is 84.0 cm³/mol. The molecule has 0 radical (unpaired) electrons. The van der Waals surface area contributed by atoms with E-state index in [-0.39, 0.29) is 23.6 Å². The lowest BCUT2D eigenvalue weighted by atomic mass is 9.87. The number of sulfone groups is 1. The standard InChI is InChI=1S/C15H28N2O3S/c1-2-17(14-9-11-21(19,20)12-14)15(18)16-10-8-13-6-4-3-5-7-13/h13-14H,2-12H2,1H3,(H,16,18). The summed E-state index contributed by atoms with van der Waals surface area (Å²) in [4.78, 5) is 13.9. The third-order valence-corrected chi connectivity index (χ3v) is 6.55. The van der Waals surface area contributed by atoms with Crippen molar-refractivity contribution in [3.05, 3.63) is 0 Å². The maximum atomic E-state index is 12.2.